The van der Waals surface area contributed by atoms with Gasteiger partial charge in [-0.05, 0) is 48.9 Å². The zero-order chi connectivity index (χ0) is 18.4. The summed E-state index contributed by atoms with van der Waals surface area (Å²) >= 11 is 0. The number of fused-ring (bicyclic) bond motifs is 4. The molecular formula is C24H19NO2. The van der Waals surface area contributed by atoms with Crippen molar-refractivity contribution in [3.63, 3.8) is 0 Å². The molecule has 0 saturated heterocycles. The topological polar surface area (TPSA) is 31.2 Å². The molecule has 0 saturated carbocycles. The molecule has 1 aliphatic rings. The normalized spacial score (nSPS) is 15.3. The van der Waals surface area contributed by atoms with Crippen molar-refractivity contribution in [2.24, 2.45) is 0 Å². The fourth-order valence-corrected chi connectivity index (χ4v) is 3.98. The van der Waals surface area contributed by atoms with Crippen molar-refractivity contribution < 1.29 is 9.53 Å². The monoisotopic (exact) mass is 353 g/mol. The van der Waals surface area contributed by atoms with E-state index in [1.54, 1.807) is 0 Å². The van der Waals surface area contributed by atoms with Crippen molar-refractivity contribution in [1.82, 2.24) is 4.57 Å². The van der Waals surface area contributed by atoms with Crippen LogP contribution in [0.4, 0.5) is 0 Å². The quantitative estimate of drug-likeness (QED) is 0.447. The van der Waals surface area contributed by atoms with Gasteiger partial charge in [0.2, 0.25) is 0 Å². The Morgan fingerprint density at radius 2 is 1.74 bits per heavy atom. The Kier molecular flexibility index (Phi) is 3.61. The van der Waals surface area contributed by atoms with E-state index in [1.165, 1.54) is 21.8 Å². The number of nitrogens with zero attached hydrogens (tertiary/aromatic N) is 1. The van der Waals surface area contributed by atoms with E-state index in [9.17, 15) is 4.79 Å². The number of rotatable bonds is 2. The fraction of sp³-hybridized carbons (Fsp3) is 0.125. The Morgan fingerprint density at radius 3 is 2.63 bits per heavy atom. The minimum absolute atomic E-state index is 0.0490. The van der Waals surface area contributed by atoms with Crippen LogP contribution in [0.25, 0.3) is 27.9 Å². The van der Waals surface area contributed by atoms with Gasteiger partial charge in [-0.15, -0.1) is 0 Å². The van der Waals surface area contributed by atoms with Crippen LogP contribution in [-0.2, 0) is 6.54 Å². The van der Waals surface area contributed by atoms with Crippen LogP contribution < -0.4 is 4.74 Å². The number of para-hydroxylation sites is 2. The maximum atomic E-state index is 12.8. The first kappa shape index (κ1) is 15.9. The van der Waals surface area contributed by atoms with E-state index in [0.29, 0.717) is 23.5 Å². The van der Waals surface area contributed by atoms with Gasteiger partial charge in [0.05, 0.1) is 5.56 Å². The van der Waals surface area contributed by atoms with Crippen LogP contribution in [0.15, 0.2) is 72.3 Å². The van der Waals surface area contributed by atoms with Crippen molar-refractivity contribution >= 4 is 33.7 Å². The van der Waals surface area contributed by atoms with Crippen molar-refractivity contribution in [3.05, 3.63) is 83.4 Å². The zero-order valence-corrected chi connectivity index (χ0v) is 15.1. The van der Waals surface area contributed by atoms with Crippen LogP contribution in [0.1, 0.15) is 22.8 Å². The summed E-state index contributed by atoms with van der Waals surface area (Å²) in [5.41, 5.74) is 4.81. The summed E-state index contributed by atoms with van der Waals surface area (Å²) in [6.45, 7) is 3.40. The maximum Gasteiger partial charge on any atom is 0.196 e. The second-order valence-corrected chi connectivity index (χ2v) is 6.82. The van der Waals surface area contributed by atoms with Crippen LogP contribution in [0.2, 0.25) is 0 Å². The number of ether oxygens (including phenoxy) is 1. The molecule has 2 heterocycles. The minimum Gasteiger partial charge on any atom is -0.488 e. The summed E-state index contributed by atoms with van der Waals surface area (Å²) in [7, 11) is 0. The number of carbonyl (C=O) groups is 1. The molecule has 0 amide bonds. The number of hydrogen-bond donors (Lipinski definition) is 0. The molecule has 0 atom stereocenters. The van der Waals surface area contributed by atoms with E-state index >= 15 is 0 Å². The summed E-state index contributed by atoms with van der Waals surface area (Å²) in [4.78, 5) is 12.8. The van der Waals surface area contributed by atoms with Crippen LogP contribution in [-0.4, -0.2) is 17.0 Å². The average molecular weight is 353 g/mol. The molecule has 3 aromatic carbocycles. The molecule has 1 aromatic heterocycles. The Bertz CT molecular complexity index is 1230. The van der Waals surface area contributed by atoms with Crippen LogP contribution >= 0.6 is 0 Å². The molecule has 0 unspecified atom stereocenters. The summed E-state index contributed by atoms with van der Waals surface area (Å²) in [5, 5.41) is 2.46. The van der Waals surface area contributed by atoms with E-state index in [0.717, 1.165) is 12.1 Å². The fourth-order valence-electron chi connectivity index (χ4n) is 3.98. The highest BCUT2D eigenvalue weighted by Gasteiger charge is 2.22. The highest BCUT2D eigenvalue weighted by atomic mass is 16.5. The number of hydrogen-bond acceptors (Lipinski definition) is 2. The van der Waals surface area contributed by atoms with Gasteiger partial charge in [-0.2, -0.15) is 0 Å². The number of carbonyl (C=O) groups excluding carboxylic acids is 1. The molecule has 0 N–H and O–H groups in total. The lowest BCUT2D eigenvalue weighted by Crippen LogP contribution is -2.18. The molecule has 0 radical (unpaired) electrons. The lowest BCUT2D eigenvalue weighted by molar-refractivity contribution is 0.100. The molecule has 0 spiro atoms. The summed E-state index contributed by atoms with van der Waals surface area (Å²) in [6, 6.07) is 22.3. The average Bonchev–Trinajstić information content (AvgIpc) is 3.03. The zero-order valence-electron chi connectivity index (χ0n) is 15.1. The predicted molar refractivity (Wildman–Crippen MR) is 109 cm³/mol. The Balaban J connectivity index is 1.63. The van der Waals surface area contributed by atoms with Gasteiger partial charge < -0.3 is 9.30 Å². The molecule has 3 nitrogen and oxygen atoms in total. The van der Waals surface area contributed by atoms with E-state index in [4.69, 9.17) is 4.74 Å². The molecular weight excluding hydrogens is 334 g/mol. The van der Waals surface area contributed by atoms with Gasteiger partial charge in [0.15, 0.2) is 5.78 Å². The molecule has 27 heavy (non-hydrogen) atoms. The molecule has 0 fully saturated rings. The van der Waals surface area contributed by atoms with Crippen LogP contribution in [0.5, 0.6) is 5.75 Å². The van der Waals surface area contributed by atoms with Crippen LogP contribution in [0.3, 0.4) is 0 Å². The largest absolute Gasteiger partial charge is 0.488 e. The van der Waals surface area contributed by atoms with Gasteiger partial charge in [-0.25, -0.2) is 0 Å². The number of benzene rings is 3. The third-order valence-corrected chi connectivity index (χ3v) is 5.26. The van der Waals surface area contributed by atoms with E-state index in [-0.39, 0.29) is 5.78 Å². The second-order valence-electron chi connectivity index (χ2n) is 6.82. The first-order valence-corrected chi connectivity index (χ1v) is 9.24. The van der Waals surface area contributed by atoms with Gasteiger partial charge in [0.25, 0.3) is 0 Å². The molecule has 0 aliphatic carbocycles. The van der Waals surface area contributed by atoms with E-state index in [2.05, 4.69) is 54.0 Å². The predicted octanol–water partition coefficient (Wildman–Crippen LogP) is 5.47. The Labute approximate surface area is 157 Å². The SMILES string of the molecule is CCn1c2ccccc2c2cc(/C=C3\COc4ccccc4C3=O)ccc21. The lowest BCUT2D eigenvalue weighted by atomic mass is 9.98. The standard InChI is InChI=1S/C24H19NO2/c1-2-25-21-9-5-3-7-18(21)20-14-16(11-12-22(20)25)13-17-15-27-23-10-6-4-8-19(23)24(17)26/h3-14H,2,15H2,1H3/b17-13+. The summed E-state index contributed by atoms with van der Waals surface area (Å²) < 4.78 is 8.09. The van der Waals surface area contributed by atoms with Crippen molar-refractivity contribution in [2.75, 3.05) is 6.61 Å². The molecule has 0 bridgehead atoms. The van der Waals surface area contributed by atoms with E-state index < -0.39 is 0 Å². The van der Waals surface area contributed by atoms with Crippen molar-refractivity contribution in [1.29, 1.82) is 0 Å². The number of aryl methyl sites for hydroxylation is 1. The molecule has 132 valence electrons. The molecule has 5 rings (SSSR count). The smallest absolute Gasteiger partial charge is 0.196 e. The van der Waals surface area contributed by atoms with Crippen molar-refractivity contribution in [3.8, 4) is 5.75 Å². The molecule has 1 aliphatic heterocycles. The van der Waals surface area contributed by atoms with Gasteiger partial charge >= 0.3 is 0 Å². The van der Waals surface area contributed by atoms with E-state index in [1.807, 2.05) is 30.3 Å². The lowest BCUT2D eigenvalue weighted by Gasteiger charge is -2.18. The molecule has 3 heteroatoms. The van der Waals surface area contributed by atoms with Gasteiger partial charge in [-0.1, -0.05) is 36.4 Å². The third-order valence-electron chi connectivity index (χ3n) is 5.26. The minimum atomic E-state index is 0.0490. The van der Waals surface area contributed by atoms with Crippen molar-refractivity contribution in [2.45, 2.75) is 13.5 Å². The van der Waals surface area contributed by atoms with Gasteiger partial charge in [-0.3, -0.25) is 4.79 Å². The maximum absolute atomic E-state index is 12.8. The third kappa shape index (κ3) is 2.47. The number of Topliss-reactive ketones (excluding diaryl/α,β-unsaturated/α-hetero) is 1. The summed E-state index contributed by atoms with van der Waals surface area (Å²) in [5.74, 6) is 0.717. The Hall–Kier alpha value is -3.33. The molecule has 4 aromatic rings. The number of aromatic nitrogens is 1. The first-order valence-electron chi connectivity index (χ1n) is 9.24. The van der Waals surface area contributed by atoms with Crippen LogP contribution in [0, 0.1) is 0 Å². The Morgan fingerprint density at radius 1 is 0.963 bits per heavy atom. The van der Waals surface area contributed by atoms with Gasteiger partial charge in [0, 0.05) is 33.9 Å². The first-order chi connectivity index (χ1) is 13.3. The highest BCUT2D eigenvalue weighted by molar-refractivity contribution is 6.14. The number of ketones is 1. The summed E-state index contributed by atoms with van der Waals surface area (Å²) in [6.07, 6.45) is 1.95. The second kappa shape index (κ2) is 6.13. The van der Waals surface area contributed by atoms with Gasteiger partial charge in [0.1, 0.15) is 12.4 Å². The highest BCUT2D eigenvalue weighted by Crippen LogP contribution is 2.31.